The van der Waals surface area contributed by atoms with Crippen molar-refractivity contribution < 1.29 is 0 Å². The van der Waals surface area contributed by atoms with Crippen molar-refractivity contribution in [2.75, 3.05) is 6.54 Å². The van der Waals surface area contributed by atoms with Crippen LogP contribution in [0.4, 0.5) is 0 Å². The minimum Gasteiger partial charge on any atom is -0.302 e. The minimum absolute atomic E-state index is 0.0231. The van der Waals surface area contributed by atoms with E-state index in [-0.39, 0.29) is 6.04 Å². The first-order chi connectivity index (χ1) is 5.31. The fourth-order valence-electron chi connectivity index (χ4n) is 0.713. The second-order valence-corrected chi connectivity index (χ2v) is 2.47. The molecule has 0 saturated carbocycles. The Morgan fingerprint density at radius 3 is 2.82 bits per heavy atom. The van der Waals surface area contributed by atoms with Crippen LogP contribution in [0.2, 0.25) is 0 Å². The quantitative estimate of drug-likeness (QED) is 0.482. The Morgan fingerprint density at radius 2 is 2.27 bits per heavy atom. The highest BCUT2D eigenvalue weighted by atomic mass is 14.9. The fraction of sp³-hybridized carbons (Fsp3) is 0.667. The average molecular weight is 152 g/mol. The molecule has 2 heteroatoms. The van der Waals surface area contributed by atoms with Gasteiger partial charge in [-0.1, -0.05) is 19.1 Å². The average Bonchev–Trinajstić information content (AvgIpc) is 2.04. The number of hydrogen-bond donors (Lipinski definition) is 1. The van der Waals surface area contributed by atoms with Crippen molar-refractivity contribution in [2.45, 2.75) is 32.7 Å². The summed E-state index contributed by atoms with van der Waals surface area (Å²) in [5.74, 6) is 0. The summed E-state index contributed by atoms with van der Waals surface area (Å²) in [4.78, 5) is 0. The lowest BCUT2D eigenvalue weighted by molar-refractivity contribution is 0.646. The predicted molar refractivity (Wildman–Crippen MR) is 47.1 cm³/mol. The third-order valence-electron chi connectivity index (χ3n) is 1.36. The van der Waals surface area contributed by atoms with Crippen LogP contribution in [0, 0.1) is 11.3 Å². The summed E-state index contributed by atoms with van der Waals surface area (Å²) in [6.07, 6.45) is 6.38. The van der Waals surface area contributed by atoms with Crippen molar-refractivity contribution in [2.24, 2.45) is 0 Å². The molecule has 1 N–H and O–H groups in total. The summed E-state index contributed by atoms with van der Waals surface area (Å²) in [6.45, 7) is 4.87. The summed E-state index contributed by atoms with van der Waals surface area (Å²) < 4.78 is 0. The van der Waals surface area contributed by atoms with Gasteiger partial charge >= 0.3 is 0 Å². The van der Waals surface area contributed by atoms with Crippen LogP contribution in [0.15, 0.2) is 12.2 Å². The van der Waals surface area contributed by atoms with E-state index in [9.17, 15) is 0 Å². The molecule has 0 aromatic rings. The topological polar surface area (TPSA) is 35.8 Å². The lowest BCUT2D eigenvalue weighted by atomic mass is 10.3. The van der Waals surface area contributed by atoms with Crippen molar-refractivity contribution in [1.82, 2.24) is 5.32 Å². The molecule has 0 spiro atoms. The predicted octanol–water partition coefficient (Wildman–Crippen LogP) is 1.84. The molecule has 62 valence electrons. The van der Waals surface area contributed by atoms with Crippen molar-refractivity contribution in [1.29, 1.82) is 5.26 Å². The third kappa shape index (κ3) is 7.08. The van der Waals surface area contributed by atoms with Gasteiger partial charge in [0.25, 0.3) is 0 Å². The van der Waals surface area contributed by atoms with Crippen LogP contribution in [-0.2, 0) is 0 Å². The smallest absolute Gasteiger partial charge is 0.0924 e. The zero-order valence-corrected chi connectivity index (χ0v) is 7.30. The van der Waals surface area contributed by atoms with E-state index in [1.807, 2.05) is 6.92 Å². The highest BCUT2D eigenvalue weighted by molar-refractivity contribution is 4.87. The fourth-order valence-corrected chi connectivity index (χ4v) is 0.713. The standard InChI is InChI=1S/C9H16N2/c1-3-4-5-6-7-11-9(2)8-10/h4-5,9,11H,3,6-7H2,1-2H3/b5-4+. The van der Waals surface area contributed by atoms with Gasteiger partial charge in [0.15, 0.2) is 0 Å². The van der Waals surface area contributed by atoms with Gasteiger partial charge in [-0.3, -0.25) is 0 Å². The highest BCUT2D eigenvalue weighted by Crippen LogP contribution is 1.85. The van der Waals surface area contributed by atoms with E-state index >= 15 is 0 Å². The van der Waals surface area contributed by atoms with Crippen molar-refractivity contribution in [3.05, 3.63) is 12.2 Å². The van der Waals surface area contributed by atoms with Crippen molar-refractivity contribution in [3.8, 4) is 6.07 Å². The van der Waals surface area contributed by atoms with Crippen molar-refractivity contribution in [3.63, 3.8) is 0 Å². The Morgan fingerprint density at radius 1 is 1.55 bits per heavy atom. The van der Waals surface area contributed by atoms with Crippen LogP contribution in [0.5, 0.6) is 0 Å². The van der Waals surface area contributed by atoms with Gasteiger partial charge in [0, 0.05) is 0 Å². The number of nitrogens with zero attached hydrogens (tertiary/aromatic N) is 1. The van der Waals surface area contributed by atoms with E-state index in [2.05, 4.69) is 30.5 Å². The molecule has 0 aliphatic heterocycles. The van der Waals surface area contributed by atoms with Gasteiger partial charge in [0.1, 0.15) is 0 Å². The molecule has 1 unspecified atom stereocenters. The van der Waals surface area contributed by atoms with E-state index in [0.717, 1.165) is 19.4 Å². The molecule has 11 heavy (non-hydrogen) atoms. The Kier molecular flexibility index (Phi) is 6.76. The maximum atomic E-state index is 8.41. The van der Waals surface area contributed by atoms with E-state index in [1.165, 1.54) is 0 Å². The molecule has 0 fully saturated rings. The Balaban J connectivity index is 3.15. The molecule has 0 aromatic heterocycles. The van der Waals surface area contributed by atoms with Gasteiger partial charge in [-0.05, 0) is 26.3 Å². The Bertz CT molecular complexity index is 144. The molecule has 0 radical (unpaired) electrons. The van der Waals surface area contributed by atoms with Crippen LogP contribution in [0.25, 0.3) is 0 Å². The summed E-state index contributed by atoms with van der Waals surface area (Å²) >= 11 is 0. The van der Waals surface area contributed by atoms with Crippen LogP contribution in [-0.4, -0.2) is 12.6 Å². The summed E-state index contributed by atoms with van der Waals surface area (Å²) in [5, 5.41) is 11.5. The molecule has 0 bridgehead atoms. The van der Waals surface area contributed by atoms with Gasteiger partial charge in [0.05, 0.1) is 12.1 Å². The molecule has 0 amide bonds. The van der Waals surface area contributed by atoms with Gasteiger partial charge in [-0.2, -0.15) is 5.26 Å². The van der Waals surface area contributed by atoms with E-state index < -0.39 is 0 Å². The van der Waals surface area contributed by atoms with E-state index in [4.69, 9.17) is 5.26 Å². The zero-order valence-electron chi connectivity index (χ0n) is 7.30. The molecular weight excluding hydrogens is 136 g/mol. The first-order valence-electron chi connectivity index (χ1n) is 4.09. The molecule has 0 rings (SSSR count). The molecule has 1 atom stereocenters. The van der Waals surface area contributed by atoms with Gasteiger partial charge in [-0.25, -0.2) is 0 Å². The number of nitriles is 1. The van der Waals surface area contributed by atoms with E-state index in [0.29, 0.717) is 0 Å². The largest absolute Gasteiger partial charge is 0.302 e. The van der Waals surface area contributed by atoms with Crippen LogP contribution < -0.4 is 5.32 Å². The summed E-state index contributed by atoms with van der Waals surface area (Å²) in [5.41, 5.74) is 0. The Labute approximate surface area is 68.9 Å². The first kappa shape index (κ1) is 10.2. The first-order valence-corrected chi connectivity index (χ1v) is 4.09. The number of hydrogen-bond acceptors (Lipinski definition) is 2. The van der Waals surface area contributed by atoms with Crippen LogP contribution >= 0.6 is 0 Å². The lowest BCUT2D eigenvalue weighted by Gasteiger charge is -2.01. The Hall–Kier alpha value is -0.810. The summed E-state index contributed by atoms with van der Waals surface area (Å²) in [7, 11) is 0. The lowest BCUT2D eigenvalue weighted by Crippen LogP contribution is -2.24. The maximum absolute atomic E-state index is 8.41. The number of allylic oxidation sites excluding steroid dienone is 1. The minimum atomic E-state index is -0.0231. The molecule has 0 aliphatic rings. The number of nitrogens with one attached hydrogen (secondary N) is 1. The van der Waals surface area contributed by atoms with Crippen molar-refractivity contribution >= 4 is 0 Å². The highest BCUT2D eigenvalue weighted by Gasteiger charge is 1.93. The molecule has 0 aromatic carbocycles. The second-order valence-electron chi connectivity index (χ2n) is 2.47. The van der Waals surface area contributed by atoms with Gasteiger partial charge < -0.3 is 5.32 Å². The molecule has 2 nitrogen and oxygen atoms in total. The molecule has 0 heterocycles. The molecular formula is C9H16N2. The van der Waals surface area contributed by atoms with Gasteiger partial charge in [0.2, 0.25) is 0 Å². The van der Waals surface area contributed by atoms with Crippen LogP contribution in [0.3, 0.4) is 0 Å². The molecule has 0 aliphatic carbocycles. The zero-order chi connectivity index (χ0) is 8.53. The van der Waals surface area contributed by atoms with E-state index in [1.54, 1.807) is 0 Å². The SMILES string of the molecule is CC/C=C/CCNC(C)C#N. The molecule has 0 saturated heterocycles. The summed E-state index contributed by atoms with van der Waals surface area (Å²) in [6, 6.07) is 2.10. The number of rotatable bonds is 5. The monoisotopic (exact) mass is 152 g/mol. The normalized spacial score (nSPS) is 13.2. The van der Waals surface area contributed by atoms with Gasteiger partial charge in [-0.15, -0.1) is 0 Å². The second kappa shape index (κ2) is 7.30. The maximum Gasteiger partial charge on any atom is 0.0924 e. The van der Waals surface area contributed by atoms with Crippen LogP contribution in [0.1, 0.15) is 26.7 Å². The third-order valence-corrected chi connectivity index (χ3v) is 1.36.